The molecule has 0 spiro atoms. The first kappa shape index (κ1) is 23.0. The van der Waals surface area contributed by atoms with Gasteiger partial charge in [-0.15, -0.1) is 0 Å². The number of nitrogens with zero attached hydrogens (tertiary/aromatic N) is 1. The number of carbonyl (C=O) groups is 3. The van der Waals surface area contributed by atoms with Crippen LogP contribution in [-0.4, -0.2) is 47.8 Å². The molecule has 1 heterocycles. The van der Waals surface area contributed by atoms with E-state index in [1.54, 1.807) is 17.0 Å². The van der Waals surface area contributed by atoms with Gasteiger partial charge in [-0.05, 0) is 62.1 Å². The van der Waals surface area contributed by atoms with Crippen LogP contribution in [0.2, 0.25) is 0 Å². The summed E-state index contributed by atoms with van der Waals surface area (Å²) in [6, 6.07) is 14.3. The monoisotopic (exact) mass is 451 g/mol. The van der Waals surface area contributed by atoms with Gasteiger partial charge in [-0.25, -0.2) is 4.39 Å². The highest BCUT2D eigenvalue weighted by atomic mass is 19.1. The first-order valence-electron chi connectivity index (χ1n) is 11.7. The second-order valence-corrected chi connectivity index (χ2v) is 8.94. The number of benzene rings is 2. The van der Waals surface area contributed by atoms with Crippen molar-refractivity contribution in [3.63, 3.8) is 0 Å². The fraction of sp³-hybridized carbons (Fsp3) is 0.423. The Morgan fingerprint density at radius 1 is 0.788 bits per heavy atom. The van der Waals surface area contributed by atoms with Gasteiger partial charge in [0, 0.05) is 36.3 Å². The zero-order valence-electron chi connectivity index (χ0n) is 18.6. The predicted molar refractivity (Wildman–Crippen MR) is 123 cm³/mol. The summed E-state index contributed by atoms with van der Waals surface area (Å²) in [5.74, 6) is -1.06. The van der Waals surface area contributed by atoms with Gasteiger partial charge in [0.05, 0.1) is 5.92 Å². The van der Waals surface area contributed by atoms with Crippen molar-refractivity contribution < 1.29 is 18.8 Å². The molecule has 174 valence electrons. The molecule has 1 aliphatic carbocycles. The van der Waals surface area contributed by atoms with E-state index in [0.717, 1.165) is 32.1 Å². The first-order chi connectivity index (χ1) is 16.0. The van der Waals surface area contributed by atoms with Gasteiger partial charge in [-0.1, -0.05) is 31.0 Å². The number of hydrogen-bond donors (Lipinski definition) is 2. The third-order valence-electron chi connectivity index (χ3n) is 6.62. The van der Waals surface area contributed by atoms with Crippen molar-refractivity contribution in [2.24, 2.45) is 5.92 Å². The first-order valence-corrected chi connectivity index (χ1v) is 11.7. The van der Waals surface area contributed by atoms with Crippen molar-refractivity contribution in [2.75, 3.05) is 13.1 Å². The lowest BCUT2D eigenvalue weighted by Gasteiger charge is -2.36. The van der Waals surface area contributed by atoms with Crippen LogP contribution in [0.25, 0.3) is 0 Å². The fourth-order valence-corrected chi connectivity index (χ4v) is 4.77. The lowest BCUT2D eigenvalue weighted by Crippen LogP contribution is -2.55. The number of piperidine rings is 1. The fourth-order valence-electron chi connectivity index (χ4n) is 4.77. The molecule has 2 aliphatic rings. The summed E-state index contributed by atoms with van der Waals surface area (Å²) < 4.78 is 13.2. The average molecular weight is 452 g/mol. The van der Waals surface area contributed by atoms with Gasteiger partial charge in [0.25, 0.3) is 11.8 Å². The molecule has 0 radical (unpaired) electrons. The van der Waals surface area contributed by atoms with Gasteiger partial charge < -0.3 is 15.5 Å². The molecule has 4 rings (SSSR count). The number of hydrogen-bond acceptors (Lipinski definition) is 3. The van der Waals surface area contributed by atoms with Crippen LogP contribution in [0.3, 0.4) is 0 Å². The number of likely N-dealkylation sites (tertiary alicyclic amines) is 1. The number of amides is 3. The molecule has 2 fully saturated rings. The maximum Gasteiger partial charge on any atom is 0.253 e. The van der Waals surface area contributed by atoms with Crippen LogP contribution in [0, 0.1) is 11.7 Å². The van der Waals surface area contributed by atoms with Crippen LogP contribution in [0.5, 0.6) is 0 Å². The van der Waals surface area contributed by atoms with E-state index in [2.05, 4.69) is 10.6 Å². The second kappa shape index (κ2) is 10.6. The minimum Gasteiger partial charge on any atom is -0.351 e. The van der Waals surface area contributed by atoms with E-state index < -0.39 is 0 Å². The van der Waals surface area contributed by atoms with Crippen LogP contribution in [-0.2, 0) is 4.79 Å². The van der Waals surface area contributed by atoms with Gasteiger partial charge in [0.15, 0.2) is 0 Å². The molecular formula is C26H30FN3O3. The molecule has 1 saturated carbocycles. The number of halogens is 1. The molecule has 0 unspecified atom stereocenters. The molecule has 0 aromatic heterocycles. The molecule has 0 bridgehead atoms. The average Bonchev–Trinajstić information content (AvgIpc) is 2.86. The van der Waals surface area contributed by atoms with Gasteiger partial charge in [0.2, 0.25) is 5.91 Å². The van der Waals surface area contributed by atoms with E-state index in [-0.39, 0.29) is 41.5 Å². The van der Waals surface area contributed by atoms with Crippen LogP contribution >= 0.6 is 0 Å². The van der Waals surface area contributed by atoms with Crippen molar-refractivity contribution in [1.29, 1.82) is 0 Å². The molecule has 7 heteroatoms. The third-order valence-corrected chi connectivity index (χ3v) is 6.62. The molecule has 3 amide bonds. The third kappa shape index (κ3) is 5.78. The van der Waals surface area contributed by atoms with Gasteiger partial charge in [-0.2, -0.15) is 0 Å². The van der Waals surface area contributed by atoms with E-state index in [1.807, 2.05) is 18.2 Å². The minimum absolute atomic E-state index is 0.0718. The molecule has 3 atom stereocenters. The Balaban J connectivity index is 1.36. The van der Waals surface area contributed by atoms with Crippen molar-refractivity contribution in [3.8, 4) is 0 Å². The number of nitrogens with one attached hydrogen (secondary N) is 2. The van der Waals surface area contributed by atoms with Crippen molar-refractivity contribution >= 4 is 17.7 Å². The highest BCUT2D eigenvalue weighted by Gasteiger charge is 2.33. The highest BCUT2D eigenvalue weighted by molar-refractivity contribution is 5.95. The molecule has 33 heavy (non-hydrogen) atoms. The van der Waals surface area contributed by atoms with Gasteiger partial charge >= 0.3 is 0 Å². The molecule has 6 nitrogen and oxygen atoms in total. The van der Waals surface area contributed by atoms with Crippen LogP contribution in [0.1, 0.15) is 59.2 Å². The van der Waals surface area contributed by atoms with E-state index in [9.17, 15) is 18.8 Å². The summed E-state index contributed by atoms with van der Waals surface area (Å²) in [5, 5.41) is 6.26. The largest absolute Gasteiger partial charge is 0.351 e. The molecule has 2 aromatic rings. The Kier molecular flexibility index (Phi) is 7.37. The minimum atomic E-state index is -0.385. The SMILES string of the molecule is O=C(N[C@@H]1CCCC[C@H]1NC(=O)[C@@H]1CCCN(C(=O)c2ccc(F)cc2)C1)c1ccccc1. The molecule has 2 aromatic carbocycles. The summed E-state index contributed by atoms with van der Waals surface area (Å²) in [7, 11) is 0. The topological polar surface area (TPSA) is 78.5 Å². The maximum absolute atomic E-state index is 13.2. The summed E-state index contributed by atoms with van der Waals surface area (Å²) in [6.45, 7) is 0.926. The normalized spacial score (nSPS) is 22.9. The summed E-state index contributed by atoms with van der Waals surface area (Å²) in [6.07, 6.45) is 5.11. The summed E-state index contributed by atoms with van der Waals surface area (Å²) in [4.78, 5) is 40.2. The standard InChI is InChI=1S/C26H30FN3O3/c27-21-14-12-19(13-15-21)26(33)30-16-6-9-20(17-30)25(32)29-23-11-5-4-10-22(23)28-24(31)18-7-2-1-3-8-18/h1-3,7-8,12-15,20,22-23H,4-6,9-11,16-17H2,(H,28,31)(H,29,32)/t20-,22-,23-/m1/s1. The Bertz CT molecular complexity index is 980. The number of rotatable bonds is 5. The van der Waals surface area contributed by atoms with Gasteiger partial charge in [-0.3, -0.25) is 14.4 Å². The van der Waals surface area contributed by atoms with E-state index >= 15 is 0 Å². The van der Waals surface area contributed by atoms with Crippen LogP contribution in [0.4, 0.5) is 4.39 Å². The Hall–Kier alpha value is -3.22. The Labute approximate surface area is 193 Å². The highest BCUT2D eigenvalue weighted by Crippen LogP contribution is 2.23. The molecule has 1 aliphatic heterocycles. The predicted octanol–water partition coefficient (Wildman–Crippen LogP) is 3.54. The van der Waals surface area contributed by atoms with Crippen molar-refractivity contribution in [1.82, 2.24) is 15.5 Å². The zero-order chi connectivity index (χ0) is 23.2. The van der Waals surface area contributed by atoms with E-state index in [4.69, 9.17) is 0 Å². The number of carbonyl (C=O) groups excluding carboxylic acids is 3. The van der Waals surface area contributed by atoms with Crippen molar-refractivity contribution in [2.45, 2.75) is 50.6 Å². The van der Waals surface area contributed by atoms with E-state index in [0.29, 0.717) is 30.6 Å². The smallest absolute Gasteiger partial charge is 0.253 e. The second-order valence-electron chi connectivity index (χ2n) is 8.94. The summed E-state index contributed by atoms with van der Waals surface area (Å²) in [5.41, 5.74) is 1.03. The van der Waals surface area contributed by atoms with E-state index in [1.165, 1.54) is 24.3 Å². The lowest BCUT2D eigenvalue weighted by atomic mass is 9.88. The van der Waals surface area contributed by atoms with Crippen molar-refractivity contribution in [3.05, 3.63) is 71.5 Å². The zero-order valence-corrected chi connectivity index (χ0v) is 18.6. The van der Waals surface area contributed by atoms with Crippen LogP contribution < -0.4 is 10.6 Å². The molecule has 2 N–H and O–H groups in total. The quantitative estimate of drug-likeness (QED) is 0.730. The molecule has 1 saturated heterocycles. The lowest BCUT2D eigenvalue weighted by molar-refractivity contribution is -0.127. The molecular weight excluding hydrogens is 421 g/mol. The Morgan fingerprint density at radius 2 is 1.45 bits per heavy atom. The maximum atomic E-state index is 13.2. The van der Waals surface area contributed by atoms with Crippen LogP contribution in [0.15, 0.2) is 54.6 Å². The van der Waals surface area contributed by atoms with Gasteiger partial charge in [0.1, 0.15) is 5.82 Å². The Morgan fingerprint density at radius 3 is 2.15 bits per heavy atom. The summed E-state index contributed by atoms with van der Waals surface area (Å²) >= 11 is 0.